The number of rotatable bonds is 2. The van der Waals surface area contributed by atoms with Crippen molar-refractivity contribution >= 4 is 12.3 Å². The van der Waals surface area contributed by atoms with Gasteiger partial charge in [-0.2, -0.15) is 0 Å². The van der Waals surface area contributed by atoms with Crippen molar-refractivity contribution in [2.24, 2.45) is 5.92 Å². The molecule has 0 spiro atoms. The SMILES string of the molecule is O=CN1CCC[C@@H](C(=O)N2CCC(O)CC2)C1. The molecule has 0 unspecified atom stereocenters. The first-order chi connectivity index (χ1) is 8.20. The highest BCUT2D eigenvalue weighted by atomic mass is 16.3. The van der Waals surface area contributed by atoms with E-state index in [1.807, 2.05) is 4.90 Å². The Bertz CT molecular complexity index is 287. The van der Waals surface area contributed by atoms with E-state index in [4.69, 9.17) is 0 Å². The average molecular weight is 240 g/mol. The maximum atomic E-state index is 12.2. The lowest BCUT2D eigenvalue weighted by Crippen LogP contribution is -2.47. The van der Waals surface area contributed by atoms with E-state index in [0.29, 0.717) is 32.5 Å². The standard InChI is InChI=1S/C12H20N2O3/c15-9-13-5-1-2-10(8-13)12(17)14-6-3-11(16)4-7-14/h9-11,16H,1-8H2/t10-/m1/s1. The molecule has 17 heavy (non-hydrogen) atoms. The summed E-state index contributed by atoms with van der Waals surface area (Å²) in [7, 11) is 0. The van der Waals surface area contributed by atoms with Gasteiger partial charge in [-0.3, -0.25) is 9.59 Å². The van der Waals surface area contributed by atoms with E-state index in [1.54, 1.807) is 4.90 Å². The second-order valence-electron chi connectivity index (χ2n) is 5.00. The minimum Gasteiger partial charge on any atom is -0.393 e. The number of carbonyl (C=O) groups is 2. The van der Waals surface area contributed by atoms with Crippen molar-refractivity contribution < 1.29 is 14.7 Å². The van der Waals surface area contributed by atoms with Gasteiger partial charge in [0.05, 0.1) is 12.0 Å². The number of piperidine rings is 2. The summed E-state index contributed by atoms with van der Waals surface area (Å²) in [5.41, 5.74) is 0. The van der Waals surface area contributed by atoms with Crippen LogP contribution in [0.1, 0.15) is 25.7 Å². The van der Waals surface area contributed by atoms with Crippen molar-refractivity contribution in [3.63, 3.8) is 0 Å². The van der Waals surface area contributed by atoms with Crippen molar-refractivity contribution in [1.29, 1.82) is 0 Å². The third-order valence-corrected chi connectivity index (χ3v) is 3.73. The van der Waals surface area contributed by atoms with Gasteiger partial charge in [0.2, 0.25) is 12.3 Å². The van der Waals surface area contributed by atoms with Crippen LogP contribution in [0.15, 0.2) is 0 Å². The fourth-order valence-electron chi connectivity index (χ4n) is 2.65. The van der Waals surface area contributed by atoms with Crippen molar-refractivity contribution in [1.82, 2.24) is 9.80 Å². The maximum absolute atomic E-state index is 12.2. The third kappa shape index (κ3) is 2.97. The summed E-state index contributed by atoms with van der Waals surface area (Å²) in [6, 6.07) is 0. The van der Waals surface area contributed by atoms with Gasteiger partial charge in [-0.1, -0.05) is 0 Å². The molecule has 5 nitrogen and oxygen atoms in total. The van der Waals surface area contributed by atoms with Crippen LogP contribution in [0, 0.1) is 5.92 Å². The molecule has 0 bridgehead atoms. The first-order valence-corrected chi connectivity index (χ1v) is 6.37. The van der Waals surface area contributed by atoms with E-state index in [9.17, 15) is 14.7 Å². The first-order valence-electron chi connectivity index (χ1n) is 6.37. The minimum absolute atomic E-state index is 0.0378. The second kappa shape index (κ2) is 5.49. The molecule has 2 aliphatic heterocycles. The Morgan fingerprint density at radius 2 is 1.88 bits per heavy atom. The van der Waals surface area contributed by atoms with E-state index >= 15 is 0 Å². The van der Waals surface area contributed by atoms with Crippen molar-refractivity contribution in [3.05, 3.63) is 0 Å². The fraction of sp³-hybridized carbons (Fsp3) is 0.833. The Kier molecular flexibility index (Phi) is 3.99. The van der Waals surface area contributed by atoms with Crippen LogP contribution in [0.2, 0.25) is 0 Å². The Labute approximate surface area is 101 Å². The number of hydrogen-bond acceptors (Lipinski definition) is 3. The Balaban J connectivity index is 1.88. The normalized spacial score (nSPS) is 27.0. The van der Waals surface area contributed by atoms with Crippen molar-refractivity contribution in [2.75, 3.05) is 26.2 Å². The molecule has 2 aliphatic rings. The lowest BCUT2D eigenvalue weighted by atomic mass is 9.95. The van der Waals surface area contributed by atoms with Gasteiger partial charge >= 0.3 is 0 Å². The topological polar surface area (TPSA) is 60.9 Å². The average Bonchev–Trinajstić information content (AvgIpc) is 2.39. The monoisotopic (exact) mass is 240 g/mol. The molecule has 96 valence electrons. The zero-order chi connectivity index (χ0) is 12.3. The van der Waals surface area contributed by atoms with Gasteiger partial charge in [0.25, 0.3) is 0 Å². The molecule has 0 aromatic carbocycles. The zero-order valence-corrected chi connectivity index (χ0v) is 10.0. The minimum atomic E-state index is -0.253. The van der Waals surface area contributed by atoms with Crippen LogP contribution in [0.25, 0.3) is 0 Å². The van der Waals surface area contributed by atoms with Crippen molar-refractivity contribution in [2.45, 2.75) is 31.8 Å². The third-order valence-electron chi connectivity index (χ3n) is 3.73. The van der Waals surface area contributed by atoms with Crippen LogP contribution in [-0.4, -0.2) is 59.5 Å². The molecule has 2 heterocycles. The number of likely N-dealkylation sites (tertiary alicyclic amines) is 2. The molecule has 0 saturated carbocycles. The molecule has 2 rings (SSSR count). The van der Waals surface area contributed by atoms with Gasteiger partial charge in [-0.15, -0.1) is 0 Å². The van der Waals surface area contributed by atoms with E-state index in [2.05, 4.69) is 0 Å². The van der Waals surface area contributed by atoms with Gasteiger partial charge in [0.15, 0.2) is 0 Å². The first kappa shape index (κ1) is 12.4. The summed E-state index contributed by atoms with van der Waals surface area (Å²) in [6.45, 7) is 2.63. The molecule has 0 aromatic rings. The molecule has 2 amide bonds. The predicted octanol–water partition coefficient (Wildman–Crippen LogP) is -0.162. The van der Waals surface area contributed by atoms with Crippen LogP contribution >= 0.6 is 0 Å². The van der Waals surface area contributed by atoms with Gasteiger partial charge in [-0.05, 0) is 25.7 Å². The zero-order valence-electron chi connectivity index (χ0n) is 10.0. The van der Waals surface area contributed by atoms with E-state index in [1.165, 1.54) is 0 Å². The van der Waals surface area contributed by atoms with Gasteiger partial charge in [0, 0.05) is 26.2 Å². The molecule has 0 aliphatic carbocycles. The summed E-state index contributed by atoms with van der Waals surface area (Å²) >= 11 is 0. The molecule has 0 radical (unpaired) electrons. The summed E-state index contributed by atoms with van der Waals surface area (Å²) in [5.74, 6) is 0.118. The van der Waals surface area contributed by atoms with Gasteiger partial charge in [-0.25, -0.2) is 0 Å². The highest BCUT2D eigenvalue weighted by Gasteiger charge is 2.30. The number of aliphatic hydroxyl groups is 1. The van der Waals surface area contributed by atoms with Crippen LogP contribution < -0.4 is 0 Å². The highest BCUT2D eigenvalue weighted by Crippen LogP contribution is 2.20. The van der Waals surface area contributed by atoms with E-state index in [0.717, 1.165) is 25.8 Å². The Morgan fingerprint density at radius 3 is 2.53 bits per heavy atom. The molecule has 1 atom stereocenters. The number of hydrogen-bond donors (Lipinski definition) is 1. The Hall–Kier alpha value is -1.10. The molecule has 1 N–H and O–H groups in total. The van der Waals surface area contributed by atoms with Gasteiger partial charge < -0.3 is 14.9 Å². The number of amides is 2. The summed E-state index contributed by atoms with van der Waals surface area (Å²) in [4.78, 5) is 26.5. The summed E-state index contributed by atoms with van der Waals surface area (Å²) < 4.78 is 0. The highest BCUT2D eigenvalue weighted by molar-refractivity contribution is 5.79. The molecule has 2 saturated heterocycles. The van der Waals surface area contributed by atoms with E-state index < -0.39 is 0 Å². The summed E-state index contributed by atoms with van der Waals surface area (Å²) in [5, 5.41) is 9.41. The fourth-order valence-corrected chi connectivity index (χ4v) is 2.65. The van der Waals surface area contributed by atoms with Crippen LogP contribution in [0.4, 0.5) is 0 Å². The smallest absolute Gasteiger partial charge is 0.227 e. The van der Waals surface area contributed by atoms with Crippen LogP contribution in [-0.2, 0) is 9.59 Å². The molecular formula is C12H20N2O3. The second-order valence-corrected chi connectivity index (χ2v) is 5.00. The lowest BCUT2D eigenvalue weighted by Gasteiger charge is -2.35. The lowest BCUT2D eigenvalue weighted by molar-refractivity contribution is -0.140. The quantitative estimate of drug-likeness (QED) is 0.682. The number of aliphatic hydroxyl groups excluding tert-OH is 1. The van der Waals surface area contributed by atoms with Crippen LogP contribution in [0.5, 0.6) is 0 Å². The molecule has 5 heteroatoms. The van der Waals surface area contributed by atoms with E-state index in [-0.39, 0.29) is 17.9 Å². The van der Waals surface area contributed by atoms with Gasteiger partial charge in [0.1, 0.15) is 0 Å². The van der Waals surface area contributed by atoms with Crippen LogP contribution in [0.3, 0.4) is 0 Å². The number of nitrogens with zero attached hydrogens (tertiary/aromatic N) is 2. The van der Waals surface area contributed by atoms with Crippen molar-refractivity contribution in [3.8, 4) is 0 Å². The molecule has 2 fully saturated rings. The predicted molar refractivity (Wildman–Crippen MR) is 62.2 cm³/mol. The Morgan fingerprint density at radius 1 is 1.18 bits per heavy atom. The largest absolute Gasteiger partial charge is 0.393 e. The molecular weight excluding hydrogens is 220 g/mol. The maximum Gasteiger partial charge on any atom is 0.227 e. The number of carbonyl (C=O) groups excluding carboxylic acids is 2. The molecule has 0 aromatic heterocycles. The summed E-state index contributed by atoms with van der Waals surface area (Å²) in [6.07, 6.45) is 3.72.